The van der Waals surface area contributed by atoms with E-state index in [1.807, 2.05) is 79.7 Å². The average molecular weight is 399 g/mol. The molecule has 0 aliphatic carbocycles. The fourth-order valence-electron chi connectivity index (χ4n) is 3.25. The molecule has 0 bridgehead atoms. The van der Waals surface area contributed by atoms with Gasteiger partial charge in [-0.3, -0.25) is 4.79 Å². The van der Waals surface area contributed by atoms with Crippen LogP contribution in [0, 0.1) is 13.8 Å². The Balaban J connectivity index is 1.66. The first-order valence-electron chi connectivity index (χ1n) is 9.56. The van der Waals surface area contributed by atoms with Crippen molar-refractivity contribution < 1.29 is 4.79 Å². The topological polar surface area (TPSA) is 42.0 Å². The number of fused-ring (bicyclic) bond motifs is 1. The van der Waals surface area contributed by atoms with Crippen LogP contribution < -0.4 is 5.32 Å². The molecule has 3 nitrogen and oxygen atoms in total. The van der Waals surface area contributed by atoms with Crippen molar-refractivity contribution in [2.45, 2.75) is 24.1 Å². The number of amides is 1. The van der Waals surface area contributed by atoms with Gasteiger partial charge in [-0.25, -0.2) is 4.98 Å². The Kier molecular flexibility index (Phi) is 5.63. The highest BCUT2D eigenvalue weighted by Gasteiger charge is 2.23. The van der Waals surface area contributed by atoms with Crippen molar-refractivity contribution in [1.82, 2.24) is 4.98 Å². The van der Waals surface area contributed by atoms with Gasteiger partial charge in [0.15, 0.2) is 0 Å². The molecule has 4 heteroatoms. The highest BCUT2D eigenvalue weighted by Crippen LogP contribution is 2.36. The monoisotopic (exact) mass is 398 g/mol. The van der Waals surface area contributed by atoms with Crippen molar-refractivity contribution in [3.8, 4) is 0 Å². The first-order chi connectivity index (χ1) is 14.1. The number of pyridine rings is 1. The lowest BCUT2D eigenvalue weighted by Gasteiger charge is -2.17. The number of carbonyl (C=O) groups is 1. The maximum atomic E-state index is 13.2. The third kappa shape index (κ3) is 4.49. The summed E-state index contributed by atoms with van der Waals surface area (Å²) in [6, 6.07) is 27.8. The van der Waals surface area contributed by atoms with Crippen molar-refractivity contribution in [3.05, 3.63) is 102 Å². The summed E-state index contributed by atoms with van der Waals surface area (Å²) in [5, 5.41) is 4.63. The molecule has 0 aliphatic heterocycles. The van der Waals surface area contributed by atoms with Crippen LogP contribution in [-0.2, 0) is 4.79 Å². The minimum absolute atomic E-state index is 0.0577. The van der Waals surface area contributed by atoms with Crippen LogP contribution in [0.15, 0.2) is 90.0 Å². The van der Waals surface area contributed by atoms with Crippen LogP contribution in [0.2, 0.25) is 0 Å². The van der Waals surface area contributed by atoms with Crippen molar-refractivity contribution in [3.63, 3.8) is 0 Å². The van der Waals surface area contributed by atoms with E-state index in [1.54, 1.807) is 0 Å². The first-order valence-corrected chi connectivity index (χ1v) is 10.4. The molecular weight excluding hydrogens is 376 g/mol. The lowest BCUT2D eigenvalue weighted by molar-refractivity contribution is -0.115. The smallest absolute Gasteiger partial charge is 0.242 e. The van der Waals surface area contributed by atoms with Crippen LogP contribution in [0.3, 0.4) is 0 Å². The number of aryl methyl sites for hydroxylation is 2. The van der Waals surface area contributed by atoms with Gasteiger partial charge in [0, 0.05) is 11.1 Å². The predicted octanol–water partition coefficient (Wildman–Crippen LogP) is 6.32. The van der Waals surface area contributed by atoms with Crippen LogP contribution in [0.1, 0.15) is 21.9 Å². The number of carbonyl (C=O) groups excluding carboxylic acids is 1. The predicted molar refractivity (Wildman–Crippen MR) is 121 cm³/mol. The Morgan fingerprint density at radius 2 is 1.59 bits per heavy atom. The molecule has 0 fully saturated rings. The van der Waals surface area contributed by atoms with E-state index in [1.165, 1.54) is 11.8 Å². The molecule has 3 aromatic carbocycles. The van der Waals surface area contributed by atoms with Crippen molar-refractivity contribution in [1.29, 1.82) is 0 Å². The summed E-state index contributed by atoms with van der Waals surface area (Å²) in [5.41, 5.74) is 5.01. The lowest BCUT2D eigenvalue weighted by Crippen LogP contribution is -2.19. The minimum atomic E-state index is -0.398. The van der Waals surface area contributed by atoms with Gasteiger partial charge in [0.05, 0.1) is 10.5 Å². The van der Waals surface area contributed by atoms with Gasteiger partial charge in [-0.15, -0.1) is 0 Å². The van der Waals surface area contributed by atoms with Gasteiger partial charge >= 0.3 is 0 Å². The largest absolute Gasteiger partial charge is 0.325 e. The number of thioether (sulfide) groups is 1. The standard InChI is InChI=1S/C25H22N2OS/c1-17-12-14-20(15-13-17)26-25(28)24(19-8-4-3-5-9-19)29-23-16-18(2)21-10-6-7-11-22(21)27-23/h3-16,24H,1-2H3,(H,26,28). The molecule has 0 spiro atoms. The van der Waals surface area contributed by atoms with E-state index in [4.69, 9.17) is 4.98 Å². The van der Waals surface area contributed by atoms with E-state index >= 15 is 0 Å². The van der Waals surface area contributed by atoms with E-state index in [0.29, 0.717) is 0 Å². The Bertz CT molecular complexity index is 1140. The third-order valence-electron chi connectivity index (χ3n) is 4.80. The number of hydrogen-bond donors (Lipinski definition) is 1. The average Bonchev–Trinajstić information content (AvgIpc) is 2.74. The molecule has 1 aromatic heterocycles. The van der Waals surface area contributed by atoms with Gasteiger partial charge in [0.1, 0.15) is 5.25 Å². The molecule has 0 aliphatic rings. The highest BCUT2D eigenvalue weighted by atomic mass is 32.2. The quantitative estimate of drug-likeness (QED) is 0.400. The van der Waals surface area contributed by atoms with E-state index in [-0.39, 0.29) is 5.91 Å². The fraction of sp³-hybridized carbons (Fsp3) is 0.120. The maximum absolute atomic E-state index is 13.2. The number of aromatic nitrogens is 1. The number of nitrogens with one attached hydrogen (secondary N) is 1. The molecule has 4 rings (SSSR count). The molecule has 144 valence electrons. The maximum Gasteiger partial charge on any atom is 0.242 e. The van der Waals surface area contributed by atoms with Crippen LogP contribution in [0.25, 0.3) is 10.9 Å². The summed E-state index contributed by atoms with van der Waals surface area (Å²) < 4.78 is 0. The summed E-state index contributed by atoms with van der Waals surface area (Å²) in [4.78, 5) is 18.0. The zero-order valence-corrected chi connectivity index (χ0v) is 17.2. The van der Waals surface area contributed by atoms with Crippen LogP contribution in [0.4, 0.5) is 5.69 Å². The van der Waals surface area contributed by atoms with Crippen LogP contribution in [-0.4, -0.2) is 10.9 Å². The molecule has 0 saturated heterocycles. The lowest BCUT2D eigenvalue weighted by atomic mass is 10.1. The molecular formula is C25H22N2OS. The third-order valence-corrected chi connectivity index (χ3v) is 5.97. The van der Waals surface area contributed by atoms with Gasteiger partial charge in [0.2, 0.25) is 5.91 Å². The van der Waals surface area contributed by atoms with Crippen LogP contribution in [0.5, 0.6) is 0 Å². The molecule has 1 N–H and O–H groups in total. The molecule has 0 radical (unpaired) electrons. The van der Waals surface area contributed by atoms with E-state index < -0.39 is 5.25 Å². The molecule has 29 heavy (non-hydrogen) atoms. The second-order valence-electron chi connectivity index (χ2n) is 7.06. The number of para-hydroxylation sites is 1. The highest BCUT2D eigenvalue weighted by molar-refractivity contribution is 8.00. The molecule has 1 atom stereocenters. The second kappa shape index (κ2) is 8.50. The van der Waals surface area contributed by atoms with Gasteiger partial charge in [-0.05, 0) is 49.2 Å². The number of rotatable bonds is 5. The summed E-state index contributed by atoms with van der Waals surface area (Å²) in [6.45, 7) is 4.11. The van der Waals surface area contributed by atoms with Gasteiger partial charge in [-0.2, -0.15) is 0 Å². The SMILES string of the molecule is Cc1ccc(NC(=O)C(Sc2cc(C)c3ccccc3n2)c2ccccc2)cc1. The molecule has 4 aromatic rings. The normalized spacial score (nSPS) is 11.9. The molecule has 1 amide bonds. The second-order valence-corrected chi connectivity index (χ2v) is 8.18. The number of hydrogen-bond acceptors (Lipinski definition) is 3. The zero-order chi connectivity index (χ0) is 20.2. The molecule has 1 unspecified atom stereocenters. The number of benzene rings is 3. The molecule has 0 saturated carbocycles. The van der Waals surface area contributed by atoms with Crippen molar-refractivity contribution >= 4 is 34.3 Å². The summed E-state index contributed by atoms with van der Waals surface area (Å²) in [6.07, 6.45) is 0. The van der Waals surface area contributed by atoms with Crippen molar-refractivity contribution in [2.75, 3.05) is 5.32 Å². The minimum Gasteiger partial charge on any atom is -0.325 e. The summed E-state index contributed by atoms with van der Waals surface area (Å²) in [7, 11) is 0. The number of anilines is 1. The Morgan fingerprint density at radius 1 is 0.897 bits per heavy atom. The fourth-order valence-corrected chi connectivity index (χ4v) is 4.34. The van der Waals surface area contributed by atoms with Gasteiger partial charge in [-0.1, -0.05) is 78.0 Å². The van der Waals surface area contributed by atoms with E-state index in [9.17, 15) is 4.79 Å². The zero-order valence-electron chi connectivity index (χ0n) is 16.4. The Hall–Kier alpha value is -3.11. The van der Waals surface area contributed by atoms with Crippen molar-refractivity contribution in [2.24, 2.45) is 0 Å². The van der Waals surface area contributed by atoms with E-state index in [2.05, 4.69) is 24.4 Å². The first kappa shape index (κ1) is 19.2. The van der Waals surface area contributed by atoms with Crippen LogP contribution >= 0.6 is 11.8 Å². The molecule has 1 heterocycles. The van der Waals surface area contributed by atoms with Gasteiger partial charge in [0.25, 0.3) is 0 Å². The summed E-state index contributed by atoms with van der Waals surface area (Å²) in [5.74, 6) is -0.0577. The Morgan fingerprint density at radius 3 is 2.34 bits per heavy atom. The van der Waals surface area contributed by atoms with Gasteiger partial charge < -0.3 is 5.32 Å². The Labute approximate surface area is 175 Å². The number of nitrogens with zero attached hydrogens (tertiary/aromatic N) is 1. The van der Waals surface area contributed by atoms with E-state index in [0.717, 1.165) is 38.3 Å². The summed E-state index contributed by atoms with van der Waals surface area (Å²) >= 11 is 1.48.